The smallest absolute Gasteiger partial charge is 0.362 e. The number of para-hydroxylation sites is 1. The number of carbonyl (C=O) groups excluding carboxylic acids is 2. The fourth-order valence-electron chi connectivity index (χ4n) is 2.94. The van der Waals surface area contributed by atoms with Crippen LogP contribution in [0.5, 0.6) is 0 Å². The molecule has 3 amide bonds. The lowest BCUT2D eigenvalue weighted by Crippen LogP contribution is -2.40. The molecule has 0 aliphatic carbocycles. The van der Waals surface area contributed by atoms with Crippen molar-refractivity contribution in [2.45, 2.75) is 21.5 Å². The van der Waals surface area contributed by atoms with Gasteiger partial charge in [-0.05, 0) is 36.4 Å². The third-order valence-corrected chi connectivity index (χ3v) is 6.26. The van der Waals surface area contributed by atoms with Gasteiger partial charge < -0.3 is 5.32 Å². The van der Waals surface area contributed by atoms with E-state index in [0.29, 0.717) is 4.90 Å². The van der Waals surface area contributed by atoms with Crippen LogP contribution in [-0.2, 0) is 11.0 Å². The van der Waals surface area contributed by atoms with Crippen LogP contribution in [0.15, 0.2) is 53.5 Å². The summed E-state index contributed by atoms with van der Waals surface area (Å²) in [6, 6.07) is 8.02. The normalized spacial score (nSPS) is 18.0. The van der Waals surface area contributed by atoms with Crippen LogP contribution >= 0.6 is 46.4 Å². The Labute approximate surface area is 211 Å². The first-order valence-electron chi connectivity index (χ1n) is 9.31. The number of rotatable bonds is 5. The number of nitrogens with one attached hydrogen (secondary N) is 1. The first-order valence-corrected chi connectivity index (χ1v) is 10.9. The molecular formula is C20H14Cl4F4N4O2. The quantitative estimate of drug-likeness (QED) is 0.275. The molecule has 34 heavy (non-hydrogen) atoms. The van der Waals surface area contributed by atoms with E-state index in [9.17, 15) is 27.2 Å². The van der Waals surface area contributed by atoms with E-state index in [0.717, 1.165) is 42.3 Å². The molecule has 1 N–H and O–H groups in total. The van der Waals surface area contributed by atoms with E-state index in [2.05, 4.69) is 10.3 Å². The van der Waals surface area contributed by atoms with Gasteiger partial charge in [0.2, 0.25) is 9.63 Å². The number of hydrogen-bond acceptors (Lipinski definition) is 4. The van der Waals surface area contributed by atoms with E-state index in [1.54, 1.807) is 0 Å². The summed E-state index contributed by atoms with van der Waals surface area (Å²) in [5.74, 6) is -2.26. The number of imide groups is 1. The largest absolute Gasteiger partial charge is 0.416 e. The minimum Gasteiger partial charge on any atom is -0.362 e. The van der Waals surface area contributed by atoms with Gasteiger partial charge in [-0.15, -0.1) is 11.6 Å². The molecule has 0 bridgehead atoms. The Morgan fingerprint density at radius 1 is 1.00 bits per heavy atom. The van der Waals surface area contributed by atoms with Gasteiger partial charge in [-0.1, -0.05) is 46.9 Å². The molecule has 0 aromatic heterocycles. The number of aliphatic imine (C=N–C) groups is 1. The second-order valence-corrected chi connectivity index (χ2v) is 9.83. The molecule has 6 nitrogen and oxygen atoms in total. The molecule has 182 valence electrons. The van der Waals surface area contributed by atoms with Crippen LogP contribution in [0.4, 0.5) is 33.7 Å². The van der Waals surface area contributed by atoms with Crippen LogP contribution in [0.2, 0.25) is 0 Å². The first-order chi connectivity index (χ1) is 15.7. The van der Waals surface area contributed by atoms with Crippen molar-refractivity contribution in [1.82, 2.24) is 4.90 Å². The number of halogens is 8. The number of carbonyl (C=O) groups is 2. The van der Waals surface area contributed by atoms with Crippen molar-refractivity contribution in [3.05, 3.63) is 59.9 Å². The van der Waals surface area contributed by atoms with Crippen LogP contribution in [0.1, 0.15) is 5.56 Å². The maximum atomic E-state index is 14.4. The van der Waals surface area contributed by atoms with E-state index in [-0.39, 0.29) is 11.4 Å². The highest BCUT2D eigenvalue weighted by Crippen LogP contribution is 2.38. The molecule has 1 heterocycles. The average Bonchev–Trinajstić information content (AvgIpc) is 2.96. The molecule has 3 rings (SSSR count). The van der Waals surface area contributed by atoms with Crippen molar-refractivity contribution in [1.29, 1.82) is 0 Å². The summed E-state index contributed by atoms with van der Waals surface area (Å²) in [4.78, 5) is 31.0. The zero-order valence-corrected chi connectivity index (χ0v) is 20.0. The molecule has 2 unspecified atom stereocenters. The zero-order chi connectivity index (χ0) is 25.4. The molecular weight excluding hydrogens is 546 g/mol. The predicted molar refractivity (Wildman–Crippen MR) is 123 cm³/mol. The summed E-state index contributed by atoms with van der Waals surface area (Å²) >= 11 is 23.9. The lowest BCUT2D eigenvalue weighted by Gasteiger charge is -2.27. The fourth-order valence-corrected chi connectivity index (χ4v) is 3.42. The number of hydrogen-bond donors (Lipinski definition) is 1. The predicted octanol–water partition coefficient (Wildman–Crippen LogP) is 6.06. The molecule has 2 atom stereocenters. The maximum absolute atomic E-state index is 14.4. The van der Waals surface area contributed by atoms with E-state index in [1.165, 1.54) is 18.2 Å². The number of alkyl halides is 7. The van der Waals surface area contributed by atoms with Crippen LogP contribution in [0, 0.1) is 5.82 Å². The third kappa shape index (κ3) is 5.51. The monoisotopic (exact) mass is 558 g/mol. The average molecular weight is 560 g/mol. The second-order valence-electron chi connectivity index (χ2n) is 6.99. The van der Waals surface area contributed by atoms with Crippen molar-refractivity contribution in [3.63, 3.8) is 0 Å². The Hall–Kier alpha value is -2.27. The van der Waals surface area contributed by atoms with E-state index >= 15 is 0 Å². The number of amidine groups is 1. The molecule has 1 aliphatic heterocycles. The Morgan fingerprint density at radius 3 is 2.12 bits per heavy atom. The highest BCUT2D eigenvalue weighted by atomic mass is 35.6. The standard InChI is InChI=1S/C20H14Cl4F4N4O2/c1-31-17(33)16(32(18(31)34)13-5-3-2-4-12(13)25)30-15(14(21)19(22,23)24)29-11-8-6-10(7-9-11)20(26,27)28/h2-9,14-15,29H,1H3. The minimum absolute atomic E-state index is 0.0878. The minimum atomic E-state index is -4.56. The summed E-state index contributed by atoms with van der Waals surface area (Å²) in [5.41, 5.74) is -1.09. The van der Waals surface area contributed by atoms with Gasteiger partial charge >= 0.3 is 12.2 Å². The van der Waals surface area contributed by atoms with Crippen molar-refractivity contribution in [3.8, 4) is 0 Å². The molecule has 1 saturated heterocycles. The van der Waals surface area contributed by atoms with E-state index in [4.69, 9.17) is 46.4 Å². The Kier molecular flexibility index (Phi) is 7.57. The maximum Gasteiger partial charge on any atom is 0.416 e. The number of likely N-dealkylation sites (N-methyl/N-ethyl adjacent to an activating group) is 1. The third-order valence-electron chi connectivity index (χ3n) is 4.66. The van der Waals surface area contributed by atoms with Gasteiger partial charge in [0, 0.05) is 12.7 Å². The van der Waals surface area contributed by atoms with Gasteiger partial charge in [-0.3, -0.25) is 9.69 Å². The van der Waals surface area contributed by atoms with Gasteiger partial charge in [0.05, 0.1) is 11.3 Å². The van der Waals surface area contributed by atoms with Crippen LogP contribution in [0.3, 0.4) is 0 Å². The lowest BCUT2D eigenvalue weighted by molar-refractivity contribution is -0.137. The molecule has 1 aliphatic rings. The number of nitrogens with zero attached hydrogens (tertiary/aromatic N) is 3. The molecule has 1 fully saturated rings. The van der Waals surface area contributed by atoms with Gasteiger partial charge in [0.1, 0.15) is 17.4 Å². The summed E-state index contributed by atoms with van der Waals surface area (Å²) in [6.07, 6.45) is -6.01. The molecule has 2 aromatic rings. The number of anilines is 2. The molecule has 2 aromatic carbocycles. The summed E-state index contributed by atoms with van der Waals surface area (Å²) < 4.78 is 50.9. The topological polar surface area (TPSA) is 65.0 Å². The zero-order valence-electron chi connectivity index (χ0n) is 17.0. The Bertz CT molecular complexity index is 1120. The summed E-state index contributed by atoms with van der Waals surface area (Å²) in [7, 11) is 1.16. The second kappa shape index (κ2) is 9.77. The van der Waals surface area contributed by atoms with Crippen molar-refractivity contribution >= 4 is 75.6 Å². The number of urea groups is 1. The van der Waals surface area contributed by atoms with Gasteiger partial charge in [-0.2, -0.15) is 13.2 Å². The van der Waals surface area contributed by atoms with E-state index in [1.807, 2.05) is 0 Å². The fraction of sp³-hybridized carbons (Fsp3) is 0.250. The molecule has 0 radical (unpaired) electrons. The molecule has 0 saturated carbocycles. The van der Waals surface area contributed by atoms with Crippen LogP contribution in [-0.4, -0.2) is 45.1 Å². The van der Waals surface area contributed by atoms with Gasteiger partial charge in [-0.25, -0.2) is 19.1 Å². The Balaban J connectivity index is 2.06. The number of amides is 3. The molecule has 0 spiro atoms. The van der Waals surface area contributed by atoms with Crippen LogP contribution < -0.4 is 10.2 Å². The highest BCUT2D eigenvalue weighted by Gasteiger charge is 2.45. The van der Waals surface area contributed by atoms with Crippen molar-refractivity contribution in [2.24, 2.45) is 4.99 Å². The summed E-state index contributed by atoms with van der Waals surface area (Å²) in [5, 5.41) is 1.20. The summed E-state index contributed by atoms with van der Waals surface area (Å²) in [6.45, 7) is 0. The molecule has 14 heteroatoms. The van der Waals surface area contributed by atoms with Gasteiger partial charge in [0.15, 0.2) is 0 Å². The van der Waals surface area contributed by atoms with Crippen molar-refractivity contribution in [2.75, 3.05) is 17.3 Å². The highest BCUT2D eigenvalue weighted by molar-refractivity contribution is 6.70. The van der Waals surface area contributed by atoms with Gasteiger partial charge in [0.25, 0.3) is 5.91 Å². The lowest BCUT2D eigenvalue weighted by atomic mass is 10.2. The van der Waals surface area contributed by atoms with E-state index < -0.39 is 50.7 Å². The van der Waals surface area contributed by atoms with Crippen molar-refractivity contribution < 1.29 is 27.2 Å². The SMILES string of the molecule is CN1C(=O)C(=NC(Nc2ccc(C(F)(F)F)cc2)C(Cl)C(Cl)(Cl)Cl)N(c2ccccc2F)C1=O. The number of benzene rings is 2. The Morgan fingerprint density at radius 2 is 1.59 bits per heavy atom. The first kappa shape index (κ1) is 26.3. The van der Waals surface area contributed by atoms with Crippen LogP contribution in [0.25, 0.3) is 0 Å².